The van der Waals surface area contributed by atoms with E-state index in [1.54, 1.807) is 24.3 Å². The number of quaternary nitrogens is 1. The number of rotatable bonds is 6. The van der Waals surface area contributed by atoms with Crippen LogP contribution in [-0.4, -0.2) is 29.7 Å². The van der Waals surface area contributed by atoms with Gasteiger partial charge in [0.1, 0.15) is 0 Å². The second-order valence-corrected chi connectivity index (χ2v) is 6.67. The van der Waals surface area contributed by atoms with Gasteiger partial charge in [0.2, 0.25) is 5.89 Å². The molecule has 0 aliphatic heterocycles. The van der Waals surface area contributed by atoms with Crippen molar-refractivity contribution in [2.75, 3.05) is 18.9 Å². The van der Waals surface area contributed by atoms with Gasteiger partial charge < -0.3 is 14.6 Å². The number of likely N-dealkylation sites (N-methyl/N-ethyl adjacent to an activating group) is 1. The van der Waals surface area contributed by atoms with E-state index in [1.807, 2.05) is 38.2 Å². The summed E-state index contributed by atoms with van der Waals surface area (Å²) in [6, 6.07) is 14.9. The molecular weight excluding hydrogens is 352 g/mol. The van der Waals surface area contributed by atoms with Gasteiger partial charge in [-0.25, -0.2) is 0 Å². The molecule has 2 aromatic carbocycles. The summed E-state index contributed by atoms with van der Waals surface area (Å²) in [5.74, 6) is 0.892. The van der Waals surface area contributed by atoms with Crippen molar-refractivity contribution in [1.29, 1.82) is 0 Å². The molecule has 0 radical (unpaired) electrons. The van der Waals surface area contributed by atoms with Crippen molar-refractivity contribution in [2.24, 2.45) is 0 Å². The summed E-state index contributed by atoms with van der Waals surface area (Å²) >= 11 is 5.84. The molecule has 1 amide bonds. The predicted octanol–water partition coefficient (Wildman–Crippen LogP) is 2.35. The van der Waals surface area contributed by atoms with Crippen LogP contribution in [0.5, 0.6) is 0 Å². The molecule has 0 aliphatic rings. The van der Waals surface area contributed by atoms with Crippen molar-refractivity contribution in [1.82, 2.24) is 10.2 Å². The maximum Gasteiger partial charge on any atom is 0.279 e. The Morgan fingerprint density at radius 3 is 2.69 bits per heavy atom. The van der Waals surface area contributed by atoms with E-state index in [2.05, 4.69) is 15.5 Å². The first kappa shape index (κ1) is 18.1. The third-order valence-electron chi connectivity index (χ3n) is 3.78. The monoisotopic (exact) mass is 371 g/mol. The first-order chi connectivity index (χ1) is 12.5. The van der Waals surface area contributed by atoms with Crippen molar-refractivity contribution < 1.29 is 14.1 Å². The Kier molecular flexibility index (Phi) is 5.65. The largest absolute Gasteiger partial charge is 0.415 e. The van der Waals surface area contributed by atoms with Crippen molar-refractivity contribution >= 4 is 23.2 Å². The summed E-state index contributed by atoms with van der Waals surface area (Å²) in [6.07, 6.45) is 0. The van der Waals surface area contributed by atoms with E-state index >= 15 is 0 Å². The van der Waals surface area contributed by atoms with Crippen LogP contribution >= 0.6 is 11.6 Å². The number of aromatic nitrogens is 2. The molecule has 0 saturated heterocycles. The second kappa shape index (κ2) is 8.12. The zero-order chi connectivity index (χ0) is 18.5. The molecule has 0 bridgehead atoms. The molecule has 6 nitrogen and oxygen atoms in total. The fourth-order valence-electron chi connectivity index (χ4n) is 2.55. The maximum atomic E-state index is 12.1. The highest BCUT2D eigenvalue weighted by atomic mass is 35.5. The minimum Gasteiger partial charge on any atom is -0.415 e. The molecule has 2 N–H and O–H groups in total. The number of carbonyl (C=O) groups is 1. The number of amides is 1. The lowest BCUT2D eigenvalue weighted by Crippen LogP contribution is -3.08. The molecule has 1 aromatic heterocycles. The zero-order valence-corrected chi connectivity index (χ0v) is 15.4. The van der Waals surface area contributed by atoms with Crippen LogP contribution in [0.4, 0.5) is 5.69 Å². The van der Waals surface area contributed by atoms with Crippen molar-refractivity contribution in [3.05, 3.63) is 65.0 Å². The van der Waals surface area contributed by atoms with E-state index in [0.29, 0.717) is 29.0 Å². The first-order valence-electron chi connectivity index (χ1n) is 8.26. The summed E-state index contributed by atoms with van der Waals surface area (Å²) in [6.45, 7) is 2.76. The number of benzene rings is 2. The van der Waals surface area contributed by atoms with Crippen LogP contribution in [0.1, 0.15) is 11.5 Å². The third-order valence-corrected chi connectivity index (χ3v) is 4.03. The molecule has 134 valence electrons. The van der Waals surface area contributed by atoms with Crippen LogP contribution in [0.2, 0.25) is 5.02 Å². The van der Waals surface area contributed by atoms with Gasteiger partial charge in [-0.05, 0) is 43.3 Å². The van der Waals surface area contributed by atoms with Gasteiger partial charge in [-0.15, -0.1) is 10.2 Å². The normalized spacial score (nSPS) is 12.0. The molecule has 1 heterocycles. The molecule has 1 unspecified atom stereocenters. The number of nitrogens with one attached hydrogen (secondary N) is 2. The SMILES string of the molecule is Cc1cccc(-c2nnc(C[NH+](C)CC(=O)Nc3ccc(Cl)cc3)o2)c1. The summed E-state index contributed by atoms with van der Waals surface area (Å²) in [7, 11) is 1.90. The topological polar surface area (TPSA) is 72.5 Å². The van der Waals surface area contributed by atoms with E-state index in [0.717, 1.165) is 16.0 Å². The predicted molar refractivity (Wildman–Crippen MR) is 100 cm³/mol. The van der Waals surface area contributed by atoms with E-state index in [1.165, 1.54) is 0 Å². The van der Waals surface area contributed by atoms with Crippen molar-refractivity contribution in [3.8, 4) is 11.5 Å². The lowest BCUT2D eigenvalue weighted by atomic mass is 10.1. The molecule has 0 saturated carbocycles. The fourth-order valence-corrected chi connectivity index (χ4v) is 2.68. The second-order valence-electron chi connectivity index (χ2n) is 6.24. The summed E-state index contributed by atoms with van der Waals surface area (Å²) in [5.41, 5.74) is 2.73. The number of hydrogen-bond acceptors (Lipinski definition) is 4. The lowest BCUT2D eigenvalue weighted by molar-refractivity contribution is -0.886. The van der Waals surface area contributed by atoms with Gasteiger partial charge >= 0.3 is 0 Å². The number of halogens is 1. The Morgan fingerprint density at radius 2 is 1.96 bits per heavy atom. The van der Waals surface area contributed by atoms with Gasteiger partial charge in [-0.3, -0.25) is 4.79 Å². The summed E-state index contributed by atoms with van der Waals surface area (Å²) < 4.78 is 5.72. The summed E-state index contributed by atoms with van der Waals surface area (Å²) in [5, 5.41) is 11.6. The summed E-state index contributed by atoms with van der Waals surface area (Å²) in [4.78, 5) is 13.1. The van der Waals surface area contributed by atoms with Crippen molar-refractivity contribution in [3.63, 3.8) is 0 Å². The Hall–Kier alpha value is -2.70. The van der Waals surface area contributed by atoms with Gasteiger partial charge in [-0.1, -0.05) is 29.3 Å². The smallest absolute Gasteiger partial charge is 0.279 e. The molecule has 0 aliphatic carbocycles. The molecule has 0 fully saturated rings. The highest BCUT2D eigenvalue weighted by Crippen LogP contribution is 2.18. The minimum atomic E-state index is -0.0942. The average Bonchev–Trinajstić information content (AvgIpc) is 3.05. The lowest BCUT2D eigenvalue weighted by Gasteiger charge is -2.11. The average molecular weight is 372 g/mol. The standard InChI is InChI=1S/C19H19ClN4O2/c1-13-4-3-5-14(10-13)19-23-22-18(26-19)12-24(2)11-17(25)21-16-8-6-15(20)7-9-16/h3-10H,11-12H2,1-2H3,(H,21,25)/p+1. The van der Waals surface area contributed by atoms with E-state index in [-0.39, 0.29) is 12.5 Å². The molecular formula is C19H20ClN4O2+. The molecule has 7 heteroatoms. The number of anilines is 1. The number of carbonyl (C=O) groups excluding carboxylic acids is 1. The molecule has 3 aromatic rings. The van der Waals surface area contributed by atoms with Crippen molar-refractivity contribution in [2.45, 2.75) is 13.5 Å². The van der Waals surface area contributed by atoms with Crippen LogP contribution in [0.25, 0.3) is 11.5 Å². The van der Waals surface area contributed by atoms with Crippen LogP contribution < -0.4 is 10.2 Å². The maximum absolute atomic E-state index is 12.1. The number of aryl methyl sites for hydroxylation is 1. The highest BCUT2D eigenvalue weighted by molar-refractivity contribution is 6.30. The van der Waals surface area contributed by atoms with Gasteiger partial charge in [0.25, 0.3) is 11.8 Å². The molecule has 3 rings (SSSR count). The van der Waals surface area contributed by atoms with Gasteiger partial charge in [-0.2, -0.15) is 0 Å². The van der Waals surface area contributed by atoms with Gasteiger partial charge in [0.05, 0.1) is 7.05 Å². The molecule has 0 spiro atoms. The number of hydrogen-bond donors (Lipinski definition) is 2. The van der Waals surface area contributed by atoms with Gasteiger partial charge in [0, 0.05) is 16.3 Å². The molecule has 26 heavy (non-hydrogen) atoms. The third kappa shape index (κ3) is 4.91. The first-order valence-corrected chi connectivity index (χ1v) is 8.63. The van der Waals surface area contributed by atoms with E-state index in [9.17, 15) is 4.79 Å². The minimum absolute atomic E-state index is 0.0942. The zero-order valence-electron chi connectivity index (χ0n) is 14.6. The van der Waals surface area contributed by atoms with Gasteiger partial charge in [0.15, 0.2) is 13.1 Å². The van der Waals surface area contributed by atoms with Crippen LogP contribution in [-0.2, 0) is 11.3 Å². The highest BCUT2D eigenvalue weighted by Gasteiger charge is 2.16. The Morgan fingerprint density at radius 1 is 1.19 bits per heavy atom. The Labute approximate surface area is 156 Å². The quantitative estimate of drug-likeness (QED) is 0.697. The Bertz CT molecular complexity index is 893. The molecule has 1 atom stereocenters. The van der Waals surface area contributed by atoms with Crippen LogP contribution in [0, 0.1) is 6.92 Å². The fraction of sp³-hybridized carbons (Fsp3) is 0.211. The van der Waals surface area contributed by atoms with Crippen LogP contribution in [0.3, 0.4) is 0 Å². The van der Waals surface area contributed by atoms with Crippen LogP contribution in [0.15, 0.2) is 52.9 Å². The van der Waals surface area contributed by atoms with E-state index < -0.39 is 0 Å². The van der Waals surface area contributed by atoms with E-state index in [4.69, 9.17) is 16.0 Å². The Balaban J connectivity index is 1.55. The number of nitrogens with zero attached hydrogens (tertiary/aromatic N) is 2.